The van der Waals surface area contributed by atoms with E-state index >= 15 is 0 Å². The molecule has 0 bridgehead atoms. The smallest absolute Gasteiger partial charge is 0.266 e. The van der Waals surface area contributed by atoms with Crippen molar-refractivity contribution in [1.29, 1.82) is 0 Å². The minimum Gasteiger partial charge on any atom is -0.266 e. The number of anilines is 1. The topological polar surface area (TPSA) is 32.7 Å². The van der Waals surface area contributed by atoms with Crippen molar-refractivity contribution in [1.82, 2.24) is 0 Å². The van der Waals surface area contributed by atoms with Crippen LogP contribution in [0.3, 0.4) is 0 Å². The van der Waals surface area contributed by atoms with E-state index in [4.69, 9.17) is 4.99 Å². The van der Waals surface area contributed by atoms with Crippen LogP contribution >= 0.6 is 0 Å². The molecule has 5 rings (SSSR count). The summed E-state index contributed by atoms with van der Waals surface area (Å²) in [6.07, 6.45) is 1.82. The number of aryl methyl sites for hydroxylation is 1. The SMILES string of the molecule is Cc1cccc(C2=N/C(=C/c3cccc4ccccc34)C(=O)N2c2ccc(F)cc2)c1. The molecule has 0 aliphatic carbocycles. The Kier molecular flexibility index (Phi) is 4.68. The maximum atomic E-state index is 13.5. The van der Waals surface area contributed by atoms with Gasteiger partial charge in [-0.15, -0.1) is 0 Å². The Hall–Kier alpha value is -4.05. The summed E-state index contributed by atoms with van der Waals surface area (Å²) in [5, 5.41) is 2.15. The summed E-state index contributed by atoms with van der Waals surface area (Å²) >= 11 is 0. The molecule has 0 fully saturated rings. The minimum absolute atomic E-state index is 0.240. The summed E-state index contributed by atoms with van der Waals surface area (Å²) in [4.78, 5) is 19.7. The summed E-state index contributed by atoms with van der Waals surface area (Å²) in [6.45, 7) is 2.00. The maximum absolute atomic E-state index is 13.5. The fourth-order valence-corrected chi connectivity index (χ4v) is 3.85. The van der Waals surface area contributed by atoms with Crippen LogP contribution in [-0.4, -0.2) is 11.7 Å². The fraction of sp³-hybridized carbons (Fsp3) is 0.0370. The second-order valence-electron chi connectivity index (χ2n) is 7.52. The molecule has 0 N–H and O–H groups in total. The molecule has 0 radical (unpaired) electrons. The van der Waals surface area contributed by atoms with Crippen molar-refractivity contribution in [3.63, 3.8) is 0 Å². The normalized spacial score (nSPS) is 15.0. The van der Waals surface area contributed by atoms with Crippen molar-refractivity contribution in [2.24, 2.45) is 4.99 Å². The molecule has 1 aliphatic rings. The molecule has 4 aromatic carbocycles. The zero-order chi connectivity index (χ0) is 21.4. The molecule has 150 valence electrons. The molecule has 0 unspecified atom stereocenters. The van der Waals surface area contributed by atoms with E-state index in [1.165, 1.54) is 12.1 Å². The second-order valence-corrected chi connectivity index (χ2v) is 7.52. The molecule has 31 heavy (non-hydrogen) atoms. The molecule has 1 aliphatic heterocycles. The third-order valence-electron chi connectivity index (χ3n) is 5.34. The first-order valence-electron chi connectivity index (χ1n) is 10.1. The molecule has 1 heterocycles. The monoisotopic (exact) mass is 406 g/mol. The highest BCUT2D eigenvalue weighted by atomic mass is 19.1. The molecule has 0 spiro atoms. The van der Waals surface area contributed by atoms with Crippen molar-refractivity contribution in [2.45, 2.75) is 6.92 Å². The Morgan fingerprint density at radius 1 is 0.871 bits per heavy atom. The van der Waals surface area contributed by atoms with E-state index in [0.717, 1.165) is 27.5 Å². The Balaban J connectivity index is 1.67. The second kappa shape index (κ2) is 7.65. The Bertz CT molecular complexity index is 1360. The van der Waals surface area contributed by atoms with E-state index in [9.17, 15) is 9.18 Å². The van der Waals surface area contributed by atoms with Gasteiger partial charge in [-0.25, -0.2) is 9.38 Å². The number of aliphatic imine (C=N–C) groups is 1. The lowest BCUT2D eigenvalue weighted by molar-refractivity contribution is -0.113. The van der Waals surface area contributed by atoms with Crippen molar-refractivity contribution in [2.75, 3.05) is 4.90 Å². The Labute approximate surface area is 179 Å². The molecule has 4 heteroatoms. The molecular formula is C27H19FN2O. The van der Waals surface area contributed by atoms with E-state index in [2.05, 4.69) is 0 Å². The Morgan fingerprint density at radius 2 is 1.61 bits per heavy atom. The fourth-order valence-electron chi connectivity index (χ4n) is 3.85. The molecule has 3 nitrogen and oxygen atoms in total. The number of benzene rings is 4. The number of amides is 1. The molecular weight excluding hydrogens is 387 g/mol. The quantitative estimate of drug-likeness (QED) is 0.377. The molecule has 0 saturated carbocycles. The van der Waals surface area contributed by atoms with Gasteiger partial charge in [-0.3, -0.25) is 9.69 Å². The summed E-state index contributed by atoms with van der Waals surface area (Å²) in [5.41, 5.74) is 3.75. The van der Waals surface area contributed by atoms with Crippen LogP contribution in [0.4, 0.5) is 10.1 Å². The highest BCUT2D eigenvalue weighted by molar-refractivity contribution is 6.33. The first-order valence-corrected chi connectivity index (χ1v) is 10.1. The van der Waals surface area contributed by atoms with Gasteiger partial charge in [0.2, 0.25) is 0 Å². The third kappa shape index (κ3) is 3.53. The predicted octanol–water partition coefficient (Wildman–Crippen LogP) is 6.12. The molecule has 4 aromatic rings. The van der Waals surface area contributed by atoms with Gasteiger partial charge in [-0.2, -0.15) is 0 Å². The molecule has 0 atom stereocenters. The van der Waals surface area contributed by atoms with Gasteiger partial charge in [0.15, 0.2) is 0 Å². The van der Waals surface area contributed by atoms with Gasteiger partial charge in [0.1, 0.15) is 17.3 Å². The zero-order valence-corrected chi connectivity index (χ0v) is 16.9. The number of carbonyl (C=O) groups is 1. The minimum atomic E-state index is -0.351. The highest BCUT2D eigenvalue weighted by Crippen LogP contribution is 2.29. The largest absolute Gasteiger partial charge is 0.282 e. The highest BCUT2D eigenvalue weighted by Gasteiger charge is 2.32. The standard InChI is InChI=1S/C27H19FN2O/c1-18-6-4-10-21(16-18)26-29-25(27(31)30(26)23-14-12-22(28)13-15-23)17-20-9-5-8-19-7-2-3-11-24(19)20/h2-17H,1H3/b25-17+. The van der Waals surface area contributed by atoms with Gasteiger partial charge in [0.25, 0.3) is 5.91 Å². The predicted molar refractivity (Wildman–Crippen MR) is 124 cm³/mol. The summed E-state index contributed by atoms with van der Waals surface area (Å²) in [7, 11) is 0. The van der Waals surface area contributed by atoms with E-state index in [0.29, 0.717) is 17.2 Å². The van der Waals surface area contributed by atoms with Crippen LogP contribution < -0.4 is 4.90 Å². The van der Waals surface area contributed by atoms with Gasteiger partial charge < -0.3 is 0 Å². The number of halogens is 1. The number of rotatable bonds is 3. The third-order valence-corrected chi connectivity index (χ3v) is 5.34. The lowest BCUT2D eigenvalue weighted by atomic mass is 10.0. The van der Waals surface area contributed by atoms with Gasteiger partial charge in [0.05, 0.1) is 5.69 Å². The van der Waals surface area contributed by atoms with Gasteiger partial charge in [0, 0.05) is 5.56 Å². The summed E-state index contributed by atoms with van der Waals surface area (Å²) < 4.78 is 13.5. The van der Waals surface area contributed by atoms with Gasteiger partial charge >= 0.3 is 0 Å². The average Bonchev–Trinajstić information content (AvgIpc) is 3.11. The lowest BCUT2D eigenvalue weighted by Crippen LogP contribution is -2.32. The number of amidine groups is 1. The van der Waals surface area contributed by atoms with E-state index in [1.54, 1.807) is 17.0 Å². The van der Waals surface area contributed by atoms with Gasteiger partial charge in [-0.05, 0) is 59.7 Å². The first kappa shape index (κ1) is 18.9. The molecule has 1 amide bonds. The van der Waals surface area contributed by atoms with Crippen LogP contribution in [0.25, 0.3) is 16.8 Å². The van der Waals surface area contributed by atoms with Crippen LogP contribution in [0.2, 0.25) is 0 Å². The number of hydrogen-bond donors (Lipinski definition) is 0. The van der Waals surface area contributed by atoms with Crippen LogP contribution in [-0.2, 0) is 4.79 Å². The number of hydrogen-bond acceptors (Lipinski definition) is 2. The summed E-state index contributed by atoms with van der Waals surface area (Å²) in [6, 6.07) is 27.8. The van der Waals surface area contributed by atoms with E-state index < -0.39 is 0 Å². The molecule has 0 aromatic heterocycles. The van der Waals surface area contributed by atoms with E-state index in [1.807, 2.05) is 79.7 Å². The maximum Gasteiger partial charge on any atom is 0.282 e. The van der Waals surface area contributed by atoms with Gasteiger partial charge in [-0.1, -0.05) is 66.2 Å². The lowest BCUT2D eigenvalue weighted by Gasteiger charge is -2.18. The number of carbonyl (C=O) groups excluding carboxylic acids is 1. The molecule has 0 saturated heterocycles. The van der Waals surface area contributed by atoms with Crippen molar-refractivity contribution >= 4 is 34.3 Å². The van der Waals surface area contributed by atoms with Crippen molar-refractivity contribution in [3.8, 4) is 0 Å². The van der Waals surface area contributed by atoms with Crippen LogP contribution in [0.15, 0.2) is 102 Å². The van der Waals surface area contributed by atoms with E-state index in [-0.39, 0.29) is 11.7 Å². The summed E-state index contributed by atoms with van der Waals surface area (Å²) in [5.74, 6) is -0.0567. The average molecular weight is 406 g/mol. The number of nitrogens with zero attached hydrogens (tertiary/aromatic N) is 2. The zero-order valence-electron chi connectivity index (χ0n) is 16.9. The first-order chi connectivity index (χ1) is 15.1. The van der Waals surface area contributed by atoms with Crippen LogP contribution in [0.5, 0.6) is 0 Å². The van der Waals surface area contributed by atoms with Crippen LogP contribution in [0.1, 0.15) is 16.7 Å². The van der Waals surface area contributed by atoms with Crippen molar-refractivity contribution in [3.05, 3.63) is 119 Å². The number of fused-ring (bicyclic) bond motifs is 1. The Morgan fingerprint density at radius 3 is 2.42 bits per heavy atom. The van der Waals surface area contributed by atoms with Crippen LogP contribution in [0, 0.1) is 12.7 Å². The van der Waals surface area contributed by atoms with Crippen molar-refractivity contribution < 1.29 is 9.18 Å².